The first-order valence-electron chi connectivity index (χ1n) is 14.8. The van der Waals surface area contributed by atoms with Crippen molar-refractivity contribution >= 4 is 34.7 Å². The Morgan fingerprint density at radius 2 is 1.52 bits per heavy atom. The quantitative estimate of drug-likeness (QED) is 0.150. The third-order valence-electron chi connectivity index (χ3n) is 6.83. The van der Waals surface area contributed by atoms with E-state index in [2.05, 4.69) is 25.9 Å². The van der Waals surface area contributed by atoms with E-state index in [0.29, 0.717) is 11.0 Å². The van der Waals surface area contributed by atoms with E-state index in [4.69, 9.17) is 10.5 Å². The van der Waals surface area contributed by atoms with Crippen LogP contribution in [0.25, 0.3) is 11.0 Å². The van der Waals surface area contributed by atoms with Gasteiger partial charge in [-0.25, -0.2) is 4.98 Å². The molecule has 0 saturated heterocycles. The minimum Gasteiger partial charge on any atom is -0.490 e. The Balaban J connectivity index is 1.51. The molecule has 4 amide bonds. The minimum atomic E-state index is -1.37. The summed E-state index contributed by atoms with van der Waals surface area (Å²) < 4.78 is 5.90. The van der Waals surface area contributed by atoms with Crippen LogP contribution in [-0.2, 0) is 16.0 Å². The molecule has 12 nitrogen and oxygen atoms in total. The van der Waals surface area contributed by atoms with Gasteiger partial charge >= 0.3 is 0 Å². The average molecular weight is 627 g/mol. The highest BCUT2D eigenvalue weighted by Crippen LogP contribution is 2.20. The number of primary amides is 1. The Hall–Kier alpha value is -5.36. The normalized spacial score (nSPS) is 13.2. The van der Waals surface area contributed by atoms with Crippen LogP contribution in [0.5, 0.6) is 5.75 Å². The Morgan fingerprint density at radius 3 is 2.22 bits per heavy atom. The number of nitrogens with two attached hydrogens (primary N) is 1. The van der Waals surface area contributed by atoms with E-state index in [0.717, 1.165) is 5.56 Å². The summed E-state index contributed by atoms with van der Waals surface area (Å²) in [5, 5.41) is 19.5. The van der Waals surface area contributed by atoms with Crippen molar-refractivity contribution in [3.63, 3.8) is 0 Å². The van der Waals surface area contributed by atoms with E-state index in [1.54, 1.807) is 48.5 Å². The Labute approximate surface area is 266 Å². The fourth-order valence-corrected chi connectivity index (χ4v) is 4.62. The van der Waals surface area contributed by atoms with Crippen molar-refractivity contribution < 1.29 is 29.0 Å². The molecule has 0 aliphatic rings. The number of aliphatic hydroxyl groups excluding tert-OH is 1. The topological polar surface area (TPSA) is 186 Å². The van der Waals surface area contributed by atoms with Gasteiger partial charge in [0.2, 0.25) is 11.8 Å². The van der Waals surface area contributed by atoms with Crippen LogP contribution in [0.1, 0.15) is 53.6 Å². The summed E-state index contributed by atoms with van der Waals surface area (Å²) in [6, 6.07) is 20.5. The van der Waals surface area contributed by atoms with Gasteiger partial charge in [-0.2, -0.15) is 0 Å². The van der Waals surface area contributed by atoms with Gasteiger partial charge in [0.25, 0.3) is 11.8 Å². The van der Waals surface area contributed by atoms with Crippen molar-refractivity contribution in [3.05, 3.63) is 102 Å². The smallest absolute Gasteiger partial charge is 0.272 e. The number of aromatic nitrogens is 2. The van der Waals surface area contributed by atoms with Crippen LogP contribution < -0.4 is 26.4 Å². The van der Waals surface area contributed by atoms with Gasteiger partial charge in [-0.1, -0.05) is 54.6 Å². The lowest BCUT2D eigenvalue weighted by Gasteiger charge is -2.27. The molecule has 0 bridgehead atoms. The number of amides is 4. The van der Waals surface area contributed by atoms with Crippen molar-refractivity contribution in [3.8, 4) is 5.75 Å². The second-order valence-electron chi connectivity index (χ2n) is 11.8. The zero-order valence-electron chi connectivity index (χ0n) is 25.9. The summed E-state index contributed by atoms with van der Waals surface area (Å²) in [5.41, 5.74) is 7.05. The Bertz CT molecular complexity index is 1690. The first-order valence-corrected chi connectivity index (χ1v) is 14.8. The lowest BCUT2D eigenvalue weighted by Crippen LogP contribution is -2.55. The second kappa shape index (κ2) is 15.1. The van der Waals surface area contributed by atoms with Crippen LogP contribution in [0.2, 0.25) is 0 Å². The molecule has 240 valence electrons. The lowest BCUT2D eigenvalue weighted by atomic mass is 10.0. The van der Waals surface area contributed by atoms with Gasteiger partial charge in [-0.15, -0.1) is 0 Å². The standard InChI is InChI=1S/C34H38N6O6/c1-34(2,3)40-31(43)22-13-7-10-16-29(22)46-20-28(41)25(17-21-11-5-4-6-12-21)38-32(44)26(18-30(35)42)39-33(45)27-19-36-23-14-8-9-15-24(23)37-27/h4-16,19,25-26,28,41H,17-18,20H2,1-3H3,(H2,35,42)(H,38,44)(H,39,45)(H,40,43)/t25-,26-,28+/m0/s1. The second-order valence-corrected chi connectivity index (χ2v) is 11.8. The number of hydrogen-bond acceptors (Lipinski definition) is 8. The molecule has 46 heavy (non-hydrogen) atoms. The molecule has 0 radical (unpaired) electrons. The number of hydrogen-bond donors (Lipinski definition) is 5. The maximum absolute atomic E-state index is 13.5. The SMILES string of the molecule is CC(C)(C)NC(=O)c1ccccc1OC[C@@H](O)[C@H](Cc1ccccc1)NC(=O)[C@H](CC(N)=O)NC(=O)c1cnc2ccccc2n1. The molecule has 4 rings (SSSR count). The summed E-state index contributed by atoms with van der Waals surface area (Å²) in [5.74, 6) is -2.38. The molecular formula is C34H38N6O6. The molecule has 3 aromatic carbocycles. The molecule has 4 aromatic rings. The fourth-order valence-electron chi connectivity index (χ4n) is 4.62. The van der Waals surface area contributed by atoms with E-state index >= 15 is 0 Å². The molecular weight excluding hydrogens is 588 g/mol. The van der Waals surface area contributed by atoms with E-state index in [1.165, 1.54) is 6.20 Å². The predicted octanol–water partition coefficient (Wildman–Crippen LogP) is 2.30. The van der Waals surface area contributed by atoms with Crippen LogP contribution in [0.15, 0.2) is 85.1 Å². The van der Waals surface area contributed by atoms with Gasteiger partial charge in [0.05, 0.1) is 35.3 Å². The van der Waals surface area contributed by atoms with Gasteiger partial charge in [-0.05, 0) is 57.0 Å². The number of fused-ring (bicyclic) bond motifs is 1. The monoisotopic (exact) mass is 626 g/mol. The van der Waals surface area contributed by atoms with E-state index in [-0.39, 0.29) is 35.9 Å². The third kappa shape index (κ3) is 9.57. The Kier molecular flexibility index (Phi) is 11.0. The van der Waals surface area contributed by atoms with Gasteiger partial charge in [-0.3, -0.25) is 24.2 Å². The molecule has 1 aromatic heterocycles. The fraction of sp³-hybridized carbons (Fsp3) is 0.294. The molecule has 6 N–H and O–H groups in total. The van der Waals surface area contributed by atoms with Crippen LogP contribution in [0.4, 0.5) is 0 Å². The molecule has 0 saturated carbocycles. The maximum Gasteiger partial charge on any atom is 0.272 e. The number of para-hydroxylation sites is 3. The summed E-state index contributed by atoms with van der Waals surface area (Å²) in [4.78, 5) is 59.9. The van der Waals surface area contributed by atoms with Gasteiger partial charge in [0.1, 0.15) is 30.2 Å². The third-order valence-corrected chi connectivity index (χ3v) is 6.83. The summed E-state index contributed by atoms with van der Waals surface area (Å²) in [6.07, 6.45) is -0.300. The first-order chi connectivity index (χ1) is 21.9. The number of aliphatic hydroxyl groups is 1. The van der Waals surface area contributed by atoms with E-state index < -0.39 is 47.9 Å². The summed E-state index contributed by atoms with van der Waals surface area (Å²) >= 11 is 0. The zero-order valence-corrected chi connectivity index (χ0v) is 25.9. The molecule has 0 spiro atoms. The van der Waals surface area contributed by atoms with Gasteiger partial charge in [0.15, 0.2) is 0 Å². The van der Waals surface area contributed by atoms with Crippen molar-refractivity contribution in [2.24, 2.45) is 5.73 Å². The molecule has 0 fully saturated rings. The van der Waals surface area contributed by atoms with Crippen molar-refractivity contribution in [1.29, 1.82) is 0 Å². The maximum atomic E-state index is 13.5. The number of nitrogens with zero attached hydrogens (tertiary/aromatic N) is 2. The van der Waals surface area contributed by atoms with Crippen molar-refractivity contribution in [2.75, 3.05) is 6.61 Å². The molecule has 12 heteroatoms. The molecule has 0 aliphatic heterocycles. The number of carbonyl (C=O) groups excluding carboxylic acids is 4. The molecule has 0 aliphatic carbocycles. The van der Waals surface area contributed by atoms with Crippen LogP contribution in [0.3, 0.4) is 0 Å². The average Bonchev–Trinajstić information content (AvgIpc) is 3.02. The molecule has 3 atom stereocenters. The van der Waals surface area contributed by atoms with E-state index in [1.807, 2.05) is 51.1 Å². The molecule has 1 heterocycles. The Morgan fingerprint density at radius 1 is 0.870 bits per heavy atom. The van der Waals surface area contributed by atoms with Crippen LogP contribution >= 0.6 is 0 Å². The largest absolute Gasteiger partial charge is 0.490 e. The van der Waals surface area contributed by atoms with Crippen molar-refractivity contribution in [1.82, 2.24) is 25.9 Å². The highest BCUT2D eigenvalue weighted by Gasteiger charge is 2.30. The van der Waals surface area contributed by atoms with Crippen LogP contribution in [-0.4, -0.2) is 69.0 Å². The summed E-state index contributed by atoms with van der Waals surface area (Å²) in [6.45, 7) is 5.30. The number of rotatable bonds is 13. The van der Waals surface area contributed by atoms with Gasteiger partial charge < -0.3 is 31.5 Å². The number of benzene rings is 3. The van der Waals surface area contributed by atoms with Crippen molar-refractivity contribution in [2.45, 2.75) is 57.3 Å². The highest BCUT2D eigenvalue weighted by atomic mass is 16.5. The number of nitrogens with one attached hydrogen (secondary N) is 3. The highest BCUT2D eigenvalue weighted by molar-refractivity contribution is 5.98. The number of carbonyl (C=O) groups is 4. The first kappa shape index (κ1) is 33.5. The summed E-state index contributed by atoms with van der Waals surface area (Å²) in [7, 11) is 0. The minimum absolute atomic E-state index is 0.0515. The predicted molar refractivity (Wildman–Crippen MR) is 172 cm³/mol. The van der Waals surface area contributed by atoms with Crippen LogP contribution in [0, 0.1) is 0 Å². The number of ether oxygens (including phenoxy) is 1. The molecule has 0 unspecified atom stereocenters. The van der Waals surface area contributed by atoms with E-state index in [9.17, 15) is 24.3 Å². The van der Waals surface area contributed by atoms with Gasteiger partial charge in [0, 0.05) is 5.54 Å². The lowest BCUT2D eigenvalue weighted by molar-refractivity contribution is -0.128. The zero-order chi connectivity index (χ0) is 33.3.